The highest BCUT2D eigenvalue weighted by molar-refractivity contribution is 6.02. The molecule has 29 heavy (non-hydrogen) atoms. The van der Waals surface area contributed by atoms with Gasteiger partial charge in [0.25, 0.3) is 0 Å². The lowest BCUT2D eigenvalue weighted by atomic mass is 10.00. The number of halogens is 8. The molecule has 1 aliphatic rings. The van der Waals surface area contributed by atoms with Crippen LogP contribution >= 0.6 is 0 Å². The quantitative estimate of drug-likeness (QED) is 0.309. The number of carbonyl (C=O) groups is 1. The monoisotopic (exact) mass is 421 g/mol. The van der Waals surface area contributed by atoms with Crippen molar-refractivity contribution in [3.05, 3.63) is 47.0 Å². The van der Waals surface area contributed by atoms with Crippen molar-refractivity contribution in [2.24, 2.45) is 0 Å². The molecule has 0 spiro atoms. The Bertz CT molecular complexity index is 1060. The zero-order valence-electron chi connectivity index (χ0n) is 14.1. The molecule has 2 aromatic carbocycles. The summed E-state index contributed by atoms with van der Waals surface area (Å²) in [7, 11) is 0. The zero-order chi connectivity index (χ0) is 21.8. The Kier molecular flexibility index (Phi) is 4.69. The summed E-state index contributed by atoms with van der Waals surface area (Å²) in [5.74, 6) is -14.4. The van der Waals surface area contributed by atoms with Crippen LogP contribution in [0.25, 0.3) is 11.1 Å². The molecule has 0 unspecified atom stereocenters. The number of terminal acetylenes is 1. The minimum absolute atomic E-state index is 0.222. The summed E-state index contributed by atoms with van der Waals surface area (Å²) < 4.78 is 114. The molecule has 0 fully saturated rings. The van der Waals surface area contributed by atoms with Gasteiger partial charge >= 0.3 is 12.0 Å². The fraction of sp³-hybridized carbons (Fsp3) is 0.167. The molecule has 11 heteroatoms. The van der Waals surface area contributed by atoms with Crippen LogP contribution in [-0.2, 0) is 4.79 Å². The van der Waals surface area contributed by atoms with Crippen LogP contribution in [0.1, 0.15) is 6.92 Å². The van der Waals surface area contributed by atoms with E-state index in [9.17, 15) is 39.9 Å². The normalized spacial score (nSPS) is 16.1. The molecule has 0 N–H and O–H groups in total. The smallest absolute Gasteiger partial charge is 0.423 e. The summed E-state index contributed by atoms with van der Waals surface area (Å²) in [6.45, 7) is 1.13. The summed E-state index contributed by atoms with van der Waals surface area (Å²) in [5, 5.41) is 0. The van der Waals surface area contributed by atoms with E-state index in [0.29, 0.717) is 6.07 Å². The van der Waals surface area contributed by atoms with Crippen molar-refractivity contribution in [2.75, 3.05) is 4.90 Å². The Labute approximate surface area is 157 Å². The summed E-state index contributed by atoms with van der Waals surface area (Å²) in [6.07, 6.45) is 0.696. The van der Waals surface area contributed by atoms with Gasteiger partial charge in [-0.2, -0.15) is 8.78 Å². The van der Waals surface area contributed by atoms with E-state index in [4.69, 9.17) is 6.42 Å². The van der Waals surface area contributed by atoms with Crippen LogP contribution in [0, 0.1) is 47.2 Å². The first kappa shape index (κ1) is 20.4. The number of anilines is 1. The lowest BCUT2D eigenvalue weighted by Crippen LogP contribution is -2.53. The largest absolute Gasteiger partial charge is 0.483 e. The SMILES string of the molecule is C#C[C@@H](C)N1C(=O)C(F)(F)Oc2cc(F)c(-c3c(F)c(F)c(F)c(F)c3F)cc21. The third kappa shape index (κ3) is 2.95. The predicted octanol–water partition coefficient (Wildman–Crippen LogP) is 4.53. The third-order valence-corrected chi connectivity index (χ3v) is 4.12. The molecule has 0 aromatic heterocycles. The van der Waals surface area contributed by atoms with Crippen molar-refractivity contribution in [3.63, 3.8) is 0 Å². The number of alkyl halides is 2. The summed E-state index contributed by atoms with van der Waals surface area (Å²) in [4.78, 5) is 12.3. The number of carbonyl (C=O) groups excluding carboxylic acids is 1. The van der Waals surface area contributed by atoms with E-state index in [2.05, 4.69) is 4.74 Å². The molecule has 0 saturated heterocycles. The van der Waals surface area contributed by atoms with Crippen LogP contribution in [0.2, 0.25) is 0 Å². The van der Waals surface area contributed by atoms with Gasteiger partial charge in [-0.15, -0.1) is 6.42 Å². The topological polar surface area (TPSA) is 29.5 Å². The number of fused-ring (bicyclic) bond motifs is 1. The predicted molar refractivity (Wildman–Crippen MR) is 83.0 cm³/mol. The second-order valence-corrected chi connectivity index (χ2v) is 5.88. The molecule has 1 heterocycles. The fourth-order valence-corrected chi connectivity index (χ4v) is 2.74. The number of nitrogens with zero attached hydrogens (tertiary/aromatic N) is 1. The lowest BCUT2D eigenvalue weighted by molar-refractivity contribution is -0.193. The molecule has 152 valence electrons. The van der Waals surface area contributed by atoms with Crippen LogP contribution in [0.4, 0.5) is 40.8 Å². The molecular formula is C18H7F8NO2. The Morgan fingerprint density at radius 2 is 1.52 bits per heavy atom. The summed E-state index contributed by atoms with van der Waals surface area (Å²) in [6, 6.07) is -0.700. The molecule has 3 nitrogen and oxygen atoms in total. The van der Waals surface area contributed by atoms with E-state index in [1.165, 1.54) is 0 Å². The van der Waals surface area contributed by atoms with Crippen molar-refractivity contribution < 1.29 is 44.7 Å². The molecule has 1 atom stereocenters. The highest BCUT2D eigenvalue weighted by Gasteiger charge is 2.52. The van der Waals surface area contributed by atoms with Crippen LogP contribution < -0.4 is 9.64 Å². The van der Waals surface area contributed by atoms with Gasteiger partial charge in [-0.3, -0.25) is 9.69 Å². The maximum Gasteiger partial charge on any atom is 0.483 e. The number of ether oxygens (including phenoxy) is 1. The molecule has 3 rings (SSSR count). The van der Waals surface area contributed by atoms with Crippen molar-refractivity contribution in [3.8, 4) is 29.2 Å². The van der Waals surface area contributed by atoms with Crippen LogP contribution in [0.15, 0.2) is 12.1 Å². The number of hydrogen-bond donors (Lipinski definition) is 0. The standard InChI is InChI=1S/C18H7F8NO2/c1-3-6(2)27-9-4-7(8(19)5-10(9)29-18(25,26)17(27)28)11-12(20)14(22)16(24)15(23)13(11)21/h1,4-6H,2H3/t6-/m1/s1. The second-order valence-electron chi connectivity index (χ2n) is 5.88. The highest BCUT2D eigenvalue weighted by atomic mass is 19.3. The molecule has 0 saturated carbocycles. The third-order valence-electron chi connectivity index (χ3n) is 4.12. The van der Waals surface area contributed by atoms with Gasteiger partial charge in [0.05, 0.1) is 17.3 Å². The average molecular weight is 421 g/mol. The zero-order valence-corrected chi connectivity index (χ0v) is 14.1. The van der Waals surface area contributed by atoms with Gasteiger partial charge in [0, 0.05) is 11.6 Å². The van der Waals surface area contributed by atoms with Crippen molar-refractivity contribution in [2.45, 2.75) is 19.1 Å². The molecule has 0 radical (unpaired) electrons. The molecule has 1 aliphatic heterocycles. The van der Waals surface area contributed by atoms with E-state index in [1.807, 2.05) is 5.92 Å². The number of rotatable bonds is 2. The van der Waals surface area contributed by atoms with Gasteiger partial charge < -0.3 is 4.74 Å². The van der Waals surface area contributed by atoms with E-state index >= 15 is 0 Å². The minimum Gasteiger partial charge on any atom is -0.423 e. The Morgan fingerprint density at radius 1 is 1.00 bits per heavy atom. The summed E-state index contributed by atoms with van der Waals surface area (Å²) >= 11 is 0. The molecule has 0 bridgehead atoms. The molecule has 2 aromatic rings. The Hall–Kier alpha value is -3.29. The van der Waals surface area contributed by atoms with Gasteiger partial charge in [-0.05, 0) is 13.0 Å². The van der Waals surface area contributed by atoms with Crippen molar-refractivity contribution in [1.82, 2.24) is 0 Å². The lowest BCUT2D eigenvalue weighted by Gasteiger charge is -2.35. The minimum atomic E-state index is -4.43. The van der Waals surface area contributed by atoms with Gasteiger partial charge in [-0.25, -0.2) is 26.3 Å². The van der Waals surface area contributed by atoms with Gasteiger partial charge in [-0.1, -0.05) is 5.92 Å². The maximum absolute atomic E-state index is 14.4. The first-order chi connectivity index (χ1) is 13.4. The van der Waals surface area contributed by atoms with Crippen molar-refractivity contribution >= 4 is 11.6 Å². The molecule has 1 amide bonds. The van der Waals surface area contributed by atoms with E-state index in [1.54, 1.807) is 0 Å². The maximum atomic E-state index is 14.4. The number of benzene rings is 2. The first-order valence-electron chi connectivity index (χ1n) is 7.64. The van der Waals surface area contributed by atoms with Gasteiger partial charge in [0.2, 0.25) is 5.82 Å². The first-order valence-corrected chi connectivity index (χ1v) is 7.64. The van der Waals surface area contributed by atoms with E-state index in [-0.39, 0.29) is 11.0 Å². The van der Waals surface area contributed by atoms with Gasteiger partial charge in [0.1, 0.15) is 5.82 Å². The summed E-state index contributed by atoms with van der Waals surface area (Å²) in [5.41, 5.74) is -3.49. The fourth-order valence-electron chi connectivity index (χ4n) is 2.74. The highest BCUT2D eigenvalue weighted by Crippen LogP contribution is 2.45. The van der Waals surface area contributed by atoms with Crippen LogP contribution in [-0.4, -0.2) is 18.1 Å². The number of hydrogen-bond acceptors (Lipinski definition) is 2. The Balaban J connectivity index is 2.34. The van der Waals surface area contributed by atoms with E-state index < -0.39 is 75.5 Å². The molecule has 0 aliphatic carbocycles. The average Bonchev–Trinajstić information content (AvgIpc) is 2.66. The number of amides is 1. The van der Waals surface area contributed by atoms with Crippen molar-refractivity contribution in [1.29, 1.82) is 0 Å². The Morgan fingerprint density at radius 3 is 2.03 bits per heavy atom. The second kappa shape index (κ2) is 6.65. The van der Waals surface area contributed by atoms with E-state index in [0.717, 1.165) is 6.92 Å². The van der Waals surface area contributed by atoms with Crippen LogP contribution in [0.5, 0.6) is 5.75 Å². The van der Waals surface area contributed by atoms with Gasteiger partial charge in [0.15, 0.2) is 29.0 Å². The molecular weight excluding hydrogens is 414 g/mol. The van der Waals surface area contributed by atoms with Crippen LogP contribution in [0.3, 0.4) is 0 Å².